The molecule has 0 spiro atoms. The number of nitrogens with one attached hydrogen (secondary N) is 5. The molecule has 2 aromatic heterocycles. The van der Waals surface area contributed by atoms with Crippen molar-refractivity contribution in [3.8, 4) is 0 Å². The van der Waals surface area contributed by atoms with Gasteiger partial charge in [0.2, 0.25) is 0 Å². The number of rotatable bonds is 6. The number of hydrogen-bond acceptors (Lipinski definition) is 7. The molecule has 56 heavy (non-hydrogen) atoms. The molecule has 0 radical (unpaired) electrons. The van der Waals surface area contributed by atoms with E-state index in [1.54, 1.807) is 50.0 Å². The molecule has 0 aliphatic carbocycles. The summed E-state index contributed by atoms with van der Waals surface area (Å²) in [7, 11) is -3.20. The van der Waals surface area contributed by atoms with Crippen molar-refractivity contribution in [1.82, 2.24) is 18.6 Å². The molecule has 4 atom stereocenters. The highest BCUT2D eigenvalue weighted by Crippen LogP contribution is 2.30. The van der Waals surface area contributed by atoms with Crippen molar-refractivity contribution in [3.63, 3.8) is 0 Å². The number of aryl methyl sites for hydroxylation is 2. The standard InChI is InChI=1S/C18H20F2N4O2S.C14H21N3O3S.6CH4.2H2S/c1-10(2)15-7-5-12-16(27(21,26)23-15)9-24(3)17(12)18(25)22-11-4-6-13(19)14(20)8-11;1-5-20-14(18)13-10-6-7-11(9(2)3)16-21(15,19)12(10)8-17(13)4;;;;;;;;/h4-10,15H,1-3H3,(H,22,25)(H2,21,23,26);6-9,11H,5H2,1-4H3,(H2,15,16,19);6*1H4;2*1H2/t15-,27?;11-,21?;;;;;;;;/m11......../s1. The Morgan fingerprint density at radius 1 is 0.786 bits per heavy atom. The van der Waals surface area contributed by atoms with Crippen molar-refractivity contribution in [1.29, 1.82) is 9.56 Å². The van der Waals surface area contributed by atoms with Crippen molar-refractivity contribution in [2.75, 3.05) is 11.9 Å². The molecule has 18 heteroatoms. The van der Waals surface area contributed by atoms with E-state index in [1.165, 1.54) is 16.8 Å². The van der Waals surface area contributed by atoms with Crippen LogP contribution in [0.4, 0.5) is 14.5 Å². The Balaban J connectivity index is -0.000000277. The lowest BCUT2D eigenvalue weighted by atomic mass is 10.0. The zero-order chi connectivity index (χ0) is 35.7. The minimum Gasteiger partial charge on any atom is -0.461 e. The monoisotopic (exact) mass is 869 g/mol. The number of carbonyl (C=O) groups is 2. The van der Waals surface area contributed by atoms with E-state index >= 15 is 0 Å². The molecule has 324 valence electrons. The number of amides is 1. The van der Waals surface area contributed by atoms with Crippen LogP contribution in [0.1, 0.15) is 111 Å². The van der Waals surface area contributed by atoms with E-state index in [2.05, 4.69) is 14.8 Å². The van der Waals surface area contributed by atoms with Crippen LogP contribution in [0.2, 0.25) is 0 Å². The Bertz CT molecular complexity index is 2020. The molecule has 0 saturated heterocycles. The van der Waals surface area contributed by atoms with Crippen LogP contribution in [0.5, 0.6) is 0 Å². The van der Waals surface area contributed by atoms with E-state index in [0.29, 0.717) is 21.7 Å². The first-order valence-corrected chi connectivity index (χ1v) is 18.3. The van der Waals surface area contributed by atoms with Crippen LogP contribution < -0.4 is 14.8 Å². The zero-order valence-electron chi connectivity index (χ0n) is 28.7. The molecule has 0 fully saturated rings. The summed E-state index contributed by atoms with van der Waals surface area (Å²) in [6.45, 7) is 9.85. The van der Waals surface area contributed by atoms with Gasteiger partial charge >= 0.3 is 5.97 Å². The molecular weight excluding hydrogens is 801 g/mol. The molecule has 1 aromatic carbocycles. The Kier molecular flexibility index (Phi) is 26.9. The number of esters is 1. The fraction of sp³-hybridized carbons (Fsp3) is 0.474. The van der Waals surface area contributed by atoms with Crippen LogP contribution in [-0.4, -0.2) is 48.1 Å². The lowest BCUT2D eigenvalue weighted by molar-refractivity contribution is 0.0514. The van der Waals surface area contributed by atoms with Gasteiger partial charge in [0, 0.05) is 61.5 Å². The lowest BCUT2D eigenvalue weighted by Crippen LogP contribution is -2.35. The molecule has 1 amide bonds. The predicted octanol–water partition coefficient (Wildman–Crippen LogP) is 9.72. The molecule has 5 rings (SSSR count). The Labute approximate surface area is 350 Å². The SMILES string of the molecule is C.C.C.C.C.C.CC(C)[C@H]1C=Cc2c(cn(C)c2C(=O)Nc2ccc(F)c(F)c2)S(=N)(=O)N1.CCOC(=O)c1c2c(cn1C)S(=N)(=O)N[C@@H](C(C)C)C=C2.S.S. The van der Waals surface area contributed by atoms with E-state index in [9.17, 15) is 26.8 Å². The van der Waals surface area contributed by atoms with Gasteiger partial charge in [-0.2, -0.15) is 27.0 Å². The number of aromatic nitrogens is 2. The van der Waals surface area contributed by atoms with Crippen LogP contribution in [-0.2, 0) is 38.7 Å². The number of ether oxygens (including phenoxy) is 1. The summed E-state index contributed by atoms with van der Waals surface area (Å²) in [5.74, 6) is -2.84. The fourth-order valence-electron chi connectivity index (χ4n) is 5.22. The summed E-state index contributed by atoms with van der Waals surface area (Å²) in [5, 5.41) is 2.51. The van der Waals surface area contributed by atoms with Gasteiger partial charge in [0.1, 0.15) is 31.2 Å². The second-order valence-electron chi connectivity index (χ2n) is 12.1. The summed E-state index contributed by atoms with van der Waals surface area (Å²) in [6, 6.07) is 2.59. The largest absolute Gasteiger partial charge is 0.461 e. The highest BCUT2D eigenvalue weighted by molar-refractivity contribution is 7.91. The van der Waals surface area contributed by atoms with E-state index < -0.39 is 43.3 Å². The third kappa shape index (κ3) is 13.3. The Morgan fingerprint density at radius 3 is 1.59 bits per heavy atom. The molecule has 4 heterocycles. The molecule has 0 bridgehead atoms. The summed E-state index contributed by atoms with van der Waals surface area (Å²) < 4.78 is 82.1. The van der Waals surface area contributed by atoms with Crippen molar-refractivity contribution in [2.45, 2.75) is 101 Å². The first kappa shape index (κ1) is 61.8. The van der Waals surface area contributed by atoms with Gasteiger partial charge in [-0.1, -0.05) is 96.6 Å². The lowest BCUT2D eigenvalue weighted by Gasteiger charge is -2.18. The van der Waals surface area contributed by atoms with Gasteiger partial charge in [0.25, 0.3) is 5.91 Å². The summed E-state index contributed by atoms with van der Waals surface area (Å²) in [5.41, 5.74) is 1.47. The van der Waals surface area contributed by atoms with Gasteiger partial charge in [-0.15, -0.1) is 0 Å². The van der Waals surface area contributed by atoms with Gasteiger partial charge in [0.15, 0.2) is 11.6 Å². The highest BCUT2D eigenvalue weighted by atomic mass is 32.2. The number of hydrogen-bond donors (Lipinski definition) is 5. The summed E-state index contributed by atoms with van der Waals surface area (Å²) >= 11 is 0. The minimum atomic E-state index is -3.32. The van der Waals surface area contributed by atoms with E-state index in [4.69, 9.17) is 14.3 Å². The third-order valence-corrected chi connectivity index (χ3v) is 10.9. The average Bonchev–Trinajstić information content (AvgIpc) is 3.43. The molecule has 0 saturated carbocycles. The Hall–Kier alpha value is -3.42. The normalized spacial score (nSPS) is 19.8. The zero-order valence-corrected chi connectivity index (χ0v) is 32.4. The van der Waals surface area contributed by atoms with Crippen molar-refractivity contribution in [2.24, 2.45) is 25.9 Å². The first-order chi connectivity index (χ1) is 22.4. The number of carbonyl (C=O) groups excluding carboxylic acids is 2. The van der Waals surface area contributed by atoms with E-state index in [0.717, 1.165) is 12.1 Å². The Morgan fingerprint density at radius 2 is 1.20 bits per heavy atom. The van der Waals surface area contributed by atoms with Gasteiger partial charge in [-0.05, 0) is 30.9 Å². The average molecular weight is 870 g/mol. The number of anilines is 1. The molecule has 3 aromatic rings. The highest BCUT2D eigenvalue weighted by Gasteiger charge is 2.31. The maximum Gasteiger partial charge on any atom is 0.355 e. The van der Waals surface area contributed by atoms with Gasteiger partial charge in [-0.25, -0.2) is 41.0 Å². The smallest absolute Gasteiger partial charge is 0.355 e. The number of benzene rings is 1. The number of nitrogens with zero attached hydrogens (tertiary/aromatic N) is 2. The van der Waals surface area contributed by atoms with Crippen LogP contribution in [0.3, 0.4) is 0 Å². The second-order valence-corrected chi connectivity index (χ2v) is 15.7. The van der Waals surface area contributed by atoms with Crippen LogP contribution in [0, 0.1) is 33.0 Å². The quantitative estimate of drug-likeness (QED) is 0.155. The minimum absolute atomic E-state index is 0. The number of fused-ring (bicyclic) bond motifs is 2. The van der Waals surface area contributed by atoms with Crippen LogP contribution in [0.25, 0.3) is 12.2 Å². The van der Waals surface area contributed by atoms with Crippen LogP contribution >= 0.6 is 27.0 Å². The summed E-state index contributed by atoms with van der Waals surface area (Å²) in [4.78, 5) is 25.4. The predicted molar refractivity (Wildman–Crippen MR) is 242 cm³/mol. The van der Waals surface area contributed by atoms with Gasteiger partial charge in [0.05, 0.1) is 16.4 Å². The number of halogens is 2. The molecule has 2 aliphatic rings. The van der Waals surface area contributed by atoms with Crippen LogP contribution in [0.15, 0.2) is 52.5 Å². The second kappa shape index (κ2) is 24.4. The molecule has 5 N–H and O–H groups in total. The van der Waals surface area contributed by atoms with E-state index in [-0.39, 0.29) is 118 Å². The maximum atomic E-state index is 13.4. The molecular formula is C38H69F2N7O5S4. The van der Waals surface area contributed by atoms with E-state index in [1.807, 2.05) is 33.8 Å². The topological polar surface area (TPSA) is 171 Å². The van der Waals surface area contributed by atoms with Crippen molar-refractivity contribution in [3.05, 3.63) is 76.9 Å². The third-order valence-electron chi connectivity index (χ3n) is 7.83. The van der Waals surface area contributed by atoms with Gasteiger partial charge < -0.3 is 19.2 Å². The molecule has 2 unspecified atom stereocenters. The summed E-state index contributed by atoms with van der Waals surface area (Å²) in [6.07, 6.45) is 10.1. The van der Waals surface area contributed by atoms with Crippen molar-refractivity contribution < 1.29 is 31.5 Å². The molecule has 2 aliphatic heterocycles. The molecule has 12 nitrogen and oxygen atoms in total. The first-order valence-electron chi connectivity index (χ1n) is 15.2. The van der Waals surface area contributed by atoms with Gasteiger partial charge in [-0.3, -0.25) is 4.79 Å². The maximum absolute atomic E-state index is 13.4. The fourth-order valence-corrected chi connectivity index (χ4v) is 8.50. The van der Waals surface area contributed by atoms with Crippen molar-refractivity contribution >= 4 is 76.5 Å².